The summed E-state index contributed by atoms with van der Waals surface area (Å²) in [5.41, 5.74) is 0.372. The molecule has 2 amide bonds. The van der Waals surface area contributed by atoms with E-state index in [0.717, 1.165) is 5.76 Å². The fraction of sp³-hybridized carbons (Fsp3) is 0.353. The maximum Gasteiger partial charge on any atom is 0.257 e. The third-order valence-electron chi connectivity index (χ3n) is 4.21. The molecule has 3 heterocycles. The zero-order valence-corrected chi connectivity index (χ0v) is 15.7. The van der Waals surface area contributed by atoms with Gasteiger partial charge in [-0.25, -0.2) is 4.98 Å². The molecule has 2 aromatic rings. The van der Waals surface area contributed by atoms with E-state index in [1.807, 2.05) is 6.07 Å². The van der Waals surface area contributed by atoms with Gasteiger partial charge in [-0.1, -0.05) is 11.6 Å². The summed E-state index contributed by atoms with van der Waals surface area (Å²) in [6.07, 6.45) is 4.37. The van der Waals surface area contributed by atoms with E-state index in [1.165, 1.54) is 0 Å². The lowest BCUT2D eigenvalue weighted by atomic mass is 9.95. The van der Waals surface area contributed by atoms with Crippen molar-refractivity contribution in [3.8, 4) is 0 Å². The van der Waals surface area contributed by atoms with Crippen LogP contribution in [0.5, 0.6) is 0 Å². The van der Waals surface area contributed by atoms with Crippen molar-refractivity contribution in [2.75, 3.05) is 13.1 Å². The first-order chi connectivity index (χ1) is 12.0. The number of nitrogens with one attached hydrogen (secondary N) is 1. The topological polar surface area (TPSA) is 75.4 Å². The number of hydrogen-bond acceptors (Lipinski definition) is 4. The van der Waals surface area contributed by atoms with Gasteiger partial charge >= 0.3 is 0 Å². The molecular formula is C17H17BrClN3O3. The molecule has 0 aliphatic carbocycles. The molecule has 1 aliphatic rings. The minimum absolute atomic E-state index is 0.00865. The zero-order valence-electron chi connectivity index (χ0n) is 13.4. The van der Waals surface area contributed by atoms with Crippen molar-refractivity contribution < 1.29 is 14.0 Å². The predicted octanol–water partition coefficient (Wildman–Crippen LogP) is 3.26. The van der Waals surface area contributed by atoms with Crippen LogP contribution in [-0.4, -0.2) is 34.8 Å². The van der Waals surface area contributed by atoms with Gasteiger partial charge in [0.2, 0.25) is 5.91 Å². The molecule has 8 heteroatoms. The normalized spacial score (nSPS) is 15.2. The number of nitrogens with zero attached hydrogens (tertiary/aromatic N) is 2. The summed E-state index contributed by atoms with van der Waals surface area (Å²) in [6.45, 7) is 1.41. The molecular weight excluding hydrogens is 410 g/mol. The minimum Gasteiger partial charge on any atom is -0.467 e. The molecule has 1 aliphatic heterocycles. The van der Waals surface area contributed by atoms with Gasteiger partial charge in [0.05, 0.1) is 18.4 Å². The highest BCUT2D eigenvalue weighted by Gasteiger charge is 2.28. The SMILES string of the molecule is O=C(NCc1ccco1)C1CCN(C(=O)c2cc(Br)cnc2Cl)CC1. The van der Waals surface area contributed by atoms with E-state index in [1.54, 1.807) is 29.5 Å². The zero-order chi connectivity index (χ0) is 17.8. The van der Waals surface area contributed by atoms with Crippen molar-refractivity contribution in [3.63, 3.8) is 0 Å². The lowest BCUT2D eigenvalue weighted by molar-refractivity contribution is -0.126. The van der Waals surface area contributed by atoms with Crippen LogP contribution in [0.15, 0.2) is 39.5 Å². The van der Waals surface area contributed by atoms with Gasteiger partial charge in [-0.15, -0.1) is 0 Å². The molecule has 0 saturated carbocycles. The van der Waals surface area contributed by atoms with Gasteiger partial charge in [0.15, 0.2) is 0 Å². The Labute approximate surface area is 158 Å². The van der Waals surface area contributed by atoms with E-state index in [-0.39, 0.29) is 22.9 Å². The molecule has 1 saturated heterocycles. The lowest BCUT2D eigenvalue weighted by Gasteiger charge is -2.31. The van der Waals surface area contributed by atoms with Gasteiger partial charge in [-0.3, -0.25) is 9.59 Å². The Balaban J connectivity index is 1.53. The second kappa shape index (κ2) is 8.01. The van der Waals surface area contributed by atoms with Crippen molar-refractivity contribution in [1.29, 1.82) is 0 Å². The molecule has 2 aromatic heterocycles. The van der Waals surface area contributed by atoms with Gasteiger partial charge < -0.3 is 14.6 Å². The molecule has 3 rings (SSSR count). The summed E-state index contributed by atoms with van der Waals surface area (Å²) < 4.78 is 5.90. The summed E-state index contributed by atoms with van der Waals surface area (Å²) in [4.78, 5) is 30.5. The molecule has 25 heavy (non-hydrogen) atoms. The van der Waals surface area contributed by atoms with Gasteiger partial charge in [0, 0.05) is 29.7 Å². The number of carbonyl (C=O) groups is 2. The number of likely N-dealkylation sites (tertiary alicyclic amines) is 1. The molecule has 0 unspecified atom stereocenters. The third kappa shape index (κ3) is 4.41. The molecule has 132 valence electrons. The Morgan fingerprint density at radius 3 is 2.84 bits per heavy atom. The van der Waals surface area contributed by atoms with Crippen molar-refractivity contribution in [2.24, 2.45) is 5.92 Å². The quantitative estimate of drug-likeness (QED) is 0.762. The number of carbonyl (C=O) groups excluding carboxylic acids is 2. The fourth-order valence-corrected chi connectivity index (χ4v) is 3.33. The van der Waals surface area contributed by atoms with E-state index in [4.69, 9.17) is 16.0 Å². The Kier molecular flexibility index (Phi) is 5.75. The Bertz CT molecular complexity index is 759. The summed E-state index contributed by atoms with van der Waals surface area (Å²) in [6, 6.07) is 5.27. The molecule has 1 N–H and O–H groups in total. The number of hydrogen-bond donors (Lipinski definition) is 1. The van der Waals surface area contributed by atoms with Crippen LogP contribution in [0, 0.1) is 5.92 Å². The van der Waals surface area contributed by atoms with E-state index in [0.29, 0.717) is 42.5 Å². The molecule has 1 fully saturated rings. The number of halogens is 2. The summed E-state index contributed by atoms with van der Waals surface area (Å²) in [5, 5.41) is 3.06. The summed E-state index contributed by atoms with van der Waals surface area (Å²) in [7, 11) is 0. The predicted molar refractivity (Wildman–Crippen MR) is 96.1 cm³/mol. The van der Waals surface area contributed by atoms with Crippen LogP contribution in [0.4, 0.5) is 0 Å². The third-order valence-corrected chi connectivity index (χ3v) is 4.94. The highest BCUT2D eigenvalue weighted by atomic mass is 79.9. The van der Waals surface area contributed by atoms with E-state index in [2.05, 4.69) is 26.2 Å². The number of aromatic nitrogens is 1. The fourth-order valence-electron chi connectivity index (χ4n) is 2.82. The number of rotatable bonds is 4. The first-order valence-electron chi connectivity index (χ1n) is 7.95. The number of piperidine rings is 1. The second-order valence-electron chi connectivity index (χ2n) is 5.86. The summed E-state index contributed by atoms with van der Waals surface area (Å²) in [5.74, 6) is 0.451. The van der Waals surface area contributed by atoms with Gasteiger partial charge in [-0.2, -0.15) is 0 Å². The maximum atomic E-state index is 12.6. The van der Waals surface area contributed by atoms with Crippen molar-refractivity contribution in [3.05, 3.63) is 51.6 Å². The molecule has 0 aromatic carbocycles. The number of amides is 2. The van der Waals surface area contributed by atoms with E-state index < -0.39 is 0 Å². The molecule has 0 bridgehead atoms. The first-order valence-corrected chi connectivity index (χ1v) is 9.12. The molecule has 0 atom stereocenters. The van der Waals surface area contributed by atoms with Crippen LogP contribution < -0.4 is 5.32 Å². The minimum atomic E-state index is -0.159. The van der Waals surface area contributed by atoms with Crippen LogP contribution in [-0.2, 0) is 11.3 Å². The average molecular weight is 427 g/mol. The second-order valence-corrected chi connectivity index (χ2v) is 7.13. The highest BCUT2D eigenvalue weighted by molar-refractivity contribution is 9.10. The Morgan fingerprint density at radius 2 is 2.16 bits per heavy atom. The van der Waals surface area contributed by atoms with E-state index >= 15 is 0 Å². The Hall–Kier alpha value is -1.86. The van der Waals surface area contributed by atoms with Crippen LogP contribution >= 0.6 is 27.5 Å². The smallest absolute Gasteiger partial charge is 0.257 e. The largest absolute Gasteiger partial charge is 0.467 e. The van der Waals surface area contributed by atoms with Crippen molar-refractivity contribution in [1.82, 2.24) is 15.2 Å². The molecule has 6 nitrogen and oxygen atoms in total. The van der Waals surface area contributed by atoms with Crippen LogP contribution in [0.3, 0.4) is 0 Å². The first kappa shape index (κ1) is 17.9. The maximum absolute atomic E-state index is 12.6. The summed E-state index contributed by atoms with van der Waals surface area (Å²) >= 11 is 9.33. The standard InChI is InChI=1S/C17H17BrClN3O3/c18-12-8-14(15(19)20-9-12)17(24)22-5-3-11(4-6-22)16(23)21-10-13-2-1-7-25-13/h1-2,7-9,11H,3-6,10H2,(H,21,23). The lowest BCUT2D eigenvalue weighted by Crippen LogP contribution is -2.43. The number of pyridine rings is 1. The monoisotopic (exact) mass is 425 g/mol. The van der Waals surface area contributed by atoms with E-state index in [9.17, 15) is 9.59 Å². The molecule has 0 spiro atoms. The van der Waals surface area contributed by atoms with Gasteiger partial charge in [-0.05, 0) is 47.0 Å². The number of furan rings is 1. The van der Waals surface area contributed by atoms with Crippen molar-refractivity contribution >= 4 is 39.3 Å². The highest BCUT2D eigenvalue weighted by Crippen LogP contribution is 2.23. The van der Waals surface area contributed by atoms with Crippen LogP contribution in [0.2, 0.25) is 5.15 Å². The van der Waals surface area contributed by atoms with Crippen LogP contribution in [0.25, 0.3) is 0 Å². The average Bonchev–Trinajstić information content (AvgIpc) is 3.15. The molecule has 0 radical (unpaired) electrons. The van der Waals surface area contributed by atoms with Crippen molar-refractivity contribution in [2.45, 2.75) is 19.4 Å². The Morgan fingerprint density at radius 1 is 1.40 bits per heavy atom. The van der Waals surface area contributed by atoms with Crippen LogP contribution in [0.1, 0.15) is 29.0 Å². The van der Waals surface area contributed by atoms with Gasteiger partial charge in [0.1, 0.15) is 10.9 Å². The van der Waals surface area contributed by atoms with Gasteiger partial charge in [0.25, 0.3) is 5.91 Å².